The molecule has 0 aromatic carbocycles. The third kappa shape index (κ3) is 3.19. The molecule has 1 saturated heterocycles. The minimum absolute atomic E-state index is 0.0481. The van der Waals surface area contributed by atoms with E-state index in [1.165, 1.54) is 0 Å². The number of rotatable bonds is 4. The number of anilines is 2. The highest BCUT2D eigenvalue weighted by Gasteiger charge is 2.36. The van der Waals surface area contributed by atoms with Crippen molar-refractivity contribution in [1.82, 2.24) is 14.8 Å². The average Bonchev–Trinajstić information content (AvgIpc) is 3.15. The van der Waals surface area contributed by atoms with Crippen LogP contribution >= 0.6 is 0 Å². The normalized spacial score (nSPS) is 20.5. The predicted molar refractivity (Wildman–Crippen MR) is 87.2 cm³/mol. The second kappa shape index (κ2) is 6.37. The van der Waals surface area contributed by atoms with E-state index in [1.807, 2.05) is 44.2 Å². The van der Waals surface area contributed by atoms with Gasteiger partial charge in [-0.25, -0.2) is 4.98 Å². The Balaban J connectivity index is 1.71. The van der Waals surface area contributed by atoms with Crippen molar-refractivity contribution in [3.8, 4) is 0 Å². The maximum absolute atomic E-state index is 12.6. The first kappa shape index (κ1) is 15.5. The summed E-state index contributed by atoms with van der Waals surface area (Å²) in [5, 5.41) is 7.09. The molecule has 1 aliphatic heterocycles. The maximum Gasteiger partial charge on any atom is 0.230 e. The van der Waals surface area contributed by atoms with Crippen LogP contribution in [0, 0.1) is 5.92 Å². The molecule has 7 heteroatoms. The lowest BCUT2D eigenvalue weighted by Crippen LogP contribution is -2.26. The molecule has 0 aliphatic carbocycles. The molecule has 1 fully saturated rings. The van der Waals surface area contributed by atoms with Crippen LogP contribution in [0.25, 0.3) is 0 Å². The number of amides is 1. The van der Waals surface area contributed by atoms with Gasteiger partial charge >= 0.3 is 0 Å². The number of aryl methyl sites for hydroxylation is 1. The molecule has 2 aromatic heterocycles. The van der Waals surface area contributed by atoms with E-state index in [0.717, 1.165) is 11.5 Å². The summed E-state index contributed by atoms with van der Waals surface area (Å²) in [5.74, 6) is 0.576. The number of aromatic nitrogens is 3. The molecule has 3 heterocycles. The minimum Gasteiger partial charge on any atom is -0.371 e. The largest absolute Gasteiger partial charge is 0.371 e. The Morgan fingerprint density at radius 2 is 2.22 bits per heavy atom. The quantitative estimate of drug-likeness (QED) is 0.928. The second-order valence-electron chi connectivity index (χ2n) is 5.85. The van der Waals surface area contributed by atoms with Gasteiger partial charge in [-0.05, 0) is 24.6 Å². The van der Waals surface area contributed by atoms with Gasteiger partial charge in [0.05, 0.1) is 23.5 Å². The summed E-state index contributed by atoms with van der Waals surface area (Å²) < 4.78 is 7.51. The molecular formula is C16H21N5O2. The average molecular weight is 315 g/mol. The van der Waals surface area contributed by atoms with Crippen LogP contribution in [0.3, 0.4) is 0 Å². The van der Waals surface area contributed by atoms with E-state index in [4.69, 9.17) is 4.74 Å². The van der Waals surface area contributed by atoms with Crippen molar-refractivity contribution in [2.75, 3.05) is 30.9 Å². The van der Waals surface area contributed by atoms with Gasteiger partial charge in [-0.15, -0.1) is 0 Å². The molecule has 1 N–H and O–H groups in total. The first-order valence-corrected chi connectivity index (χ1v) is 7.60. The van der Waals surface area contributed by atoms with Crippen LogP contribution in [0.2, 0.25) is 0 Å². The Bertz CT molecular complexity index is 680. The molecule has 1 amide bonds. The minimum atomic E-state index is -0.253. The van der Waals surface area contributed by atoms with E-state index < -0.39 is 0 Å². The van der Waals surface area contributed by atoms with Crippen molar-refractivity contribution in [2.45, 2.75) is 12.5 Å². The van der Waals surface area contributed by atoms with Crippen LogP contribution in [-0.2, 0) is 16.6 Å². The molecule has 23 heavy (non-hydrogen) atoms. The fourth-order valence-electron chi connectivity index (χ4n) is 2.77. The van der Waals surface area contributed by atoms with E-state index in [2.05, 4.69) is 15.4 Å². The van der Waals surface area contributed by atoms with Crippen LogP contribution < -0.4 is 10.2 Å². The van der Waals surface area contributed by atoms with Gasteiger partial charge < -0.3 is 15.0 Å². The summed E-state index contributed by atoms with van der Waals surface area (Å²) in [6, 6.07) is 5.62. The standard InChI is InChI=1S/C16H21N5O2/c1-20(2)14-5-4-11(10-17-14)19-16(22)12-7-9-23-15(12)13-6-8-18-21(13)3/h4-6,8,10,12,15H,7,9H2,1-3H3,(H,19,22)/t12-,15-/m1/s1. The topological polar surface area (TPSA) is 72.3 Å². The van der Waals surface area contributed by atoms with E-state index >= 15 is 0 Å². The molecule has 3 rings (SSSR count). The number of pyridine rings is 1. The van der Waals surface area contributed by atoms with Gasteiger partial charge in [-0.1, -0.05) is 0 Å². The monoisotopic (exact) mass is 315 g/mol. The SMILES string of the molecule is CN(C)c1ccc(NC(=O)[C@@H]2CCO[C@H]2c2ccnn2C)cn1. The molecule has 0 bridgehead atoms. The smallest absolute Gasteiger partial charge is 0.230 e. The Morgan fingerprint density at radius 3 is 2.83 bits per heavy atom. The molecule has 0 unspecified atom stereocenters. The van der Waals surface area contributed by atoms with E-state index in [9.17, 15) is 4.79 Å². The van der Waals surface area contributed by atoms with Crippen molar-refractivity contribution >= 4 is 17.4 Å². The van der Waals surface area contributed by atoms with Crippen molar-refractivity contribution in [2.24, 2.45) is 13.0 Å². The maximum atomic E-state index is 12.6. The zero-order valence-electron chi connectivity index (χ0n) is 13.6. The highest BCUT2D eigenvalue weighted by molar-refractivity contribution is 5.93. The Hall–Kier alpha value is -2.41. The number of nitrogens with one attached hydrogen (secondary N) is 1. The predicted octanol–water partition coefficient (Wildman–Crippen LogP) is 1.60. The molecule has 2 atom stereocenters. The number of carbonyl (C=O) groups is 1. The van der Waals surface area contributed by atoms with Gasteiger partial charge in [-0.3, -0.25) is 9.48 Å². The highest BCUT2D eigenvalue weighted by atomic mass is 16.5. The molecule has 122 valence electrons. The van der Waals surface area contributed by atoms with Crippen LogP contribution in [0.15, 0.2) is 30.6 Å². The summed E-state index contributed by atoms with van der Waals surface area (Å²) in [4.78, 5) is 18.8. The number of nitrogens with zero attached hydrogens (tertiary/aromatic N) is 4. The third-order valence-electron chi connectivity index (χ3n) is 4.05. The van der Waals surface area contributed by atoms with Gasteiger partial charge in [-0.2, -0.15) is 5.10 Å². The first-order valence-electron chi connectivity index (χ1n) is 7.60. The van der Waals surface area contributed by atoms with E-state index in [-0.39, 0.29) is 17.9 Å². The van der Waals surface area contributed by atoms with Gasteiger partial charge in [0.15, 0.2) is 0 Å². The zero-order valence-corrected chi connectivity index (χ0v) is 13.6. The highest BCUT2D eigenvalue weighted by Crippen LogP contribution is 2.35. The zero-order chi connectivity index (χ0) is 16.4. The van der Waals surface area contributed by atoms with E-state index in [0.29, 0.717) is 18.7 Å². The lowest BCUT2D eigenvalue weighted by molar-refractivity contribution is -0.121. The molecule has 2 aromatic rings. The van der Waals surface area contributed by atoms with Gasteiger partial charge in [0.1, 0.15) is 11.9 Å². The van der Waals surface area contributed by atoms with Crippen molar-refractivity contribution in [3.63, 3.8) is 0 Å². The Labute approximate surface area is 135 Å². The molecule has 1 aliphatic rings. The van der Waals surface area contributed by atoms with Gasteiger partial charge in [0, 0.05) is 33.9 Å². The molecular weight excluding hydrogens is 294 g/mol. The van der Waals surface area contributed by atoms with Gasteiger partial charge in [0.2, 0.25) is 5.91 Å². The number of carbonyl (C=O) groups excluding carboxylic acids is 1. The first-order chi connectivity index (χ1) is 11.1. The molecule has 0 saturated carbocycles. The number of hydrogen-bond donors (Lipinski definition) is 1. The summed E-state index contributed by atoms with van der Waals surface area (Å²) in [6.07, 6.45) is 3.83. The third-order valence-corrected chi connectivity index (χ3v) is 4.05. The van der Waals surface area contributed by atoms with Crippen LogP contribution in [0.1, 0.15) is 18.2 Å². The lowest BCUT2D eigenvalue weighted by Gasteiger charge is -2.18. The summed E-state index contributed by atoms with van der Waals surface area (Å²) in [5.41, 5.74) is 1.61. The second-order valence-corrected chi connectivity index (χ2v) is 5.85. The molecule has 0 spiro atoms. The number of ether oxygens (including phenoxy) is 1. The van der Waals surface area contributed by atoms with Gasteiger partial charge in [0.25, 0.3) is 0 Å². The van der Waals surface area contributed by atoms with Crippen molar-refractivity contribution in [3.05, 3.63) is 36.3 Å². The fraction of sp³-hybridized carbons (Fsp3) is 0.438. The summed E-state index contributed by atoms with van der Waals surface area (Å²) in [6.45, 7) is 0.575. The fourth-order valence-corrected chi connectivity index (χ4v) is 2.77. The Kier molecular flexibility index (Phi) is 4.29. The molecule has 7 nitrogen and oxygen atoms in total. The number of hydrogen-bond acceptors (Lipinski definition) is 5. The van der Waals surface area contributed by atoms with Crippen molar-refractivity contribution in [1.29, 1.82) is 0 Å². The van der Waals surface area contributed by atoms with Crippen LogP contribution in [0.5, 0.6) is 0 Å². The van der Waals surface area contributed by atoms with Crippen LogP contribution in [-0.4, -0.2) is 41.4 Å². The summed E-state index contributed by atoms with van der Waals surface area (Å²) >= 11 is 0. The molecule has 0 radical (unpaired) electrons. The summed E-state index contributed by atoms with van der Waals surface area (Å²) in [7, 11) is 5.71. The Morgan fingerprint density at radius 1 is 1.39 bits per heavy atom. The van der Waals surface area contributed by atoms with E-state index in [1.54, 1.807) is 17.1 Å². The van der Waals surface area contributed by atoms with Crippen LogP contribution in [0.4, 0.5) is 11.5 Å². The lowest BCUT2D eigenvalue weighted by atomic mass is 9.98. The van der Waals surface area contributed by atoms with Crippen molar-refractivity contribution < 1.29 is 9.53 Å².